The third-order valence-electron chi connectivity index (χ3n) is 6.89. The highest BCUT2D eigenvalue weighted by Crippen LogP contribution is 2.38. The fraction of sp³-hybridized carbons (Fsp3) is 0.714. The summed E-state index contributed by atoms with van der Waals surface area (Å²) in [5.41, 5.74) is 1.58. The number of fused-ring (bicyclic) bond motifs is 3. The maximum absolute atomic E-state index is 4.78. The lowest BCUT2D eigenvalue weighted by Gasteiger charge is -2.33. The van der Waals surface area contributed by atoms with Gasteiger partial charge in [-0.3, -0.25) is 0 Å². The van der Waals surface area contributed by atoms with Crippen molar-refractivity contribution in [1.82, 2.24) is 9.97 Å². The van der Waals surface area contributed by atoms with E-state index in [0.717, 1.165) is 13.1 Å². The molecule has 0 amide bonds. The average molecular weight is 388 g/mol. The van der Waals surface area contributed by atoms with Crippen LogP contribution in [0.2, 0.25) is 0 Å². The first-order chi connectivity index (χ1) is 13.4. The van der Waals surface area contributed by atoms with Crippen LogP contribution in [0.3, 0.4) is 0 Å². The van der Waals surface area contributed by atoms with Gasteiger partial charge in [-0.1, -0.05) is 6.42 Å². The fourth-order valence-corrected chi connectivity index (χ4v) is 6.48. The van der Waals surface area contributed by atoms with Gasteiger partial charge in [0, 0.05) is 17.7 Å². The molecule has 2 fully saturated rings. The lowest BCUT2D eigenvalue weighted by Crippen LogP contribution is -3.21. The zero-order valence-electron chi connectivity index (χ0n) is 16.4. The molecule has 5 nitrogen and oxygen atoms in total. The molecule has 0 spiro atoms. The van der Waals surface area contributed by atoms with Crippen molar-refractivity contribution >= 4 is 27.4 Å². The quantitative estimate of drug-likeness (QED) is 0.744. The Balaban J connectivity index is 1.29. The minimum absolute atomic E-state index is 1.14. The Labute approximate surface area is 166 Å². The van der Waals surface area contributed by atoms with Gasteiger partial charge in [0.1, 0.15) is 30.1 Å². The van der Waals surface area contributed by atoms with Crippen molar-refractivity contribution in [3.63, 3.8) is 0 Å². The lowest BCUT2D eigenvalue weighted by molar-refractivity contribution is -0.952. The van der Waals surface area contributed by atoms with Crippen LogP contribution >= 0.6 is 11.3 Å². The Morgan fingerprint density at radius 3 is 2.41 bits per heavy atom. The van der Waals surface area contributed by atoms with E-state index in [1.807, 2.05) is 16.2 Å². The topological polar surface area (TPSA) is 37.9 Å². The van der Waals surface area contributed by atoms with Crippen LogP contribution in [-0.2, 0) is 12.8 Å². The van der Waals surface area contributed by atoms with Gasteiger partial charge >= 0.3 is 0 Å². The first-order valence-electron chi connectivity index (χ1n) is 11.1. The van der Waals surface area contributed by atoms with E-state index >= 15 is 0 Å². The summed E-state index contributed by atoms with van der Waals surface area (Å²) in [5, 5.41) is 1.39. The van der Waals surface area contributed by atoms with Gasteiger partial charge in [0.15, 0.2) is 0 Å². The number of aromatic nitrogens is 2. The van der Waals surface area contributed by atoms with Gasteiger partial charge in [-0.05, 0) is 31.2 Å². The van der Waals surface area contributed by atoms with E-state index in [-0.39, 0.29) is 0 Å². The molecule has 2 aromatic heterocycles. The minimum Gasteiger partial charge on any atom is -0.345 e. The van der Waals surface area contributed by atoms with E-state index in [2.05, 4.69) is 9.88 Å². The number of aryl methyl sites for hydroxylation is 2. The molecule has 0 saturated carbocycles. The van der Waals surface area contributed by atoms with Crippen molar-refractivity contribution in [2.45, 2.75) is 44.9 Å². The number of rotatable bonds is 4. The SMILES string of the molecule is c1nc(N2CC[NH+](CC[NH+]3CCCC3)CC2)c2c3c(sc2n1)CCCCC3. The van der Waals surface area contributed by atoms with Crippen LogP contribution < -0.4 is 14.7 Å². The fourth-order valence-electron chi connectivity index (χ4n) is 5.25. The summed E-state index contributed by atoms with van der Waals surface area (Å²) < 4.78 is 0. The molecular weight excluding hydrogens is 354 g/mol. The zero-order chi connectivity index (χ0) is 18.1. The van der Waals surface area contributed by atoms with Crippen LogP contribution in [-0.4, -0.2) is 62.3 Å². The van der Waals surface area contributed by atoms with Crippen LogP contribution in [0.4, 0.5) is 5.82 Å². The van der Waals surface area contributed by atoms with Crippen LogP contribution in [0, 0.1) is 0 Å². The second-order valence-electron chi connectivity index (χ2n) is 8.64. The van der Waals surface area contributed by atoms with Gasteiger partial charge in [0.25, 0.3) is 0 Å². The van der Waals surface area contributed by atoms with Crippen molar-refractivity contribution in [1.29, 1.82) is 0 Å². The first-order valence-corrected chi connectivity index (χ1v) is 11.9. The highest BCUT2D eigenvalue weighted by Gasteiger charge is 2.27. The maximum Gasteiger partial charge on any atom is 0.141 e. The first kappa shape index (κ1) is 17.8. The Bertz CT molecular complexity index is 774. The zero-order valence-corrected chi connectivity index (χ0v) is 17.3. The molecule has 4 heterocycles. The number of anilines is 1. The monoisotopic (exact) mass is 387 g/mol. The van der Waals surface area contributed by atoms with Crippen molar-refractivity contribution in [3.05, 3.63) is 16.8 Å². The highest BCUT2D eigenvalue weighted by atomic mass is 32.1. The van der Waals surface area contributed by atoms with E-state index in [4.69, 9.17) is 4.98 Å². The molecule has 2 N–H and O–H groups in total. The molecule has 1 aliphatic carbocycles. The van der Waals surface area contributed by atoms with Gasteiger partial charge in [0.05, 0.1) is 44.7 Å². The summed E-state index contributed by atoms with van der Waals surface area (Å²) in [6, 6.07) is 0. The second-order valence-corrected chi connectivity index (χ2v) is 9.72. The third kappa shape index (κ3) is 3.71. The molecule has 0 atom stereocenters. The molecule has 0 bridgehead atoms. The molecule has 0 unspecified atom stereocenters. The van der Waals surface area contributed by atoms with Crippen molar-refractivity contribution in [3.8, 4) is 0 Å². The molecule has 146 valence electrons. The minimum atomic E-state index is 1.14. The summed E-state index contributed by atoms with van der Waals surface area (Å²) in [5.74, 6) is 1.23. The second kappa shape index (κ2) is 8.02. The molecule has 0 aromatic carbocycles. The molecule has 2 aliphatic heterocycles. The molecule has 27 heavy (non-hydrogen) atoms. The van der Waals surface area contributed by atoms with Crippen LogP contribution in [0.25, 0.3) is 10.2 Å². The Kier molecular flexibility index (Phi) is 5.29. The van der Waals surface area contributed by atoms with E-state index in [1.165, 1.54) is 100 Å². The Morgan fingerprint density at radius 1 is 0.852 bits per heavy atom. The summed E-state index contributed by atoms with van der Waals surface area (Å²) in [4.78, 5) is 18.4. The van der Waals surface area contributed by atoms with Gasteiger partial charge in [-0.15, -0.1) is 11.3 Å². The molecule has 3 aliphatic rings. The summed E-state index contributed by atoms with van der Waals surface area (Å²) >= 11 is 1.93. The number of piperazine rings is 1. The predicted molar refractivity (Wildman–Crippen MR) is 111 cm³/mol. The summed E-state index contributed by atoms with van der Waals surface area (Å²) in [7, 11) is 0. The Morgan fingerprint density at radius 2 is 1.59 bits per heavy atom. The van der Waals surface area contributed by atoms with Crippen LogP contribution in [0.15, 0.2) is 6.33 Å². The molecule has 5 rings (SSSR count). The number of nitrogens with zero attached hydrogens (tertiary/aromatic N) is 3. The highest BCUT2D eigenvalue weighted by molar-refractivity contribution is 7.18. The van der Waals surface area contributed by atoms with Crippen molar-refractivity contribution < 1.29 is 9.80 Å². The van der Waals surface area contributed by atoms with E-state index in [9.17, 15) is 0 Å². The number of hydrogen-bond donors (Lipinski definition) is 2. The van der Waals surface area contributed by atoms with E-state index in [0.29, 0.717) is 0 Å². The predicted octanol–water partition coefficient (Wildman–Crippen LogP) is 0.344. The third-order valence-corrected chi connectivity index (χ3v) is 8.09. The van der Waals surface area contributed by atoms with E-state index in [1.54, 1.807) is 21.7 Å². The largest absolute Gasteiger partial charge is 0.345 e. The van der Waals surface area contributed by atoms with Gasteiger partial charge in [-0.25, -0.2) is 9.97 Å². The number of quaternary nitrogens is 2. The summed E-state index contributed by atoms with van der Waals surface area (Å²) in [6.45, 7) is 10.3. The molecule has 0 radical (unpaired) electrons. The van der Waals surface area contributed by atoms with Crippen molar-refractivity contribution in [2.75, 3.05) is 57.3 Å². The average Bonchev–Trinajstić information content (AvgIpc) is 3.29. The number of thiophene rings is 1. The number of likely N-dealkylation sites (tertiary alicyclic amines) is 1. The van der Waals surface area contributed by atoms with Crippen LogP contribution in [0.5, 0.6) is 0 Å². The Hall–Kier alpha value is -1.24. The van der Waals surface area contributed by atoms with Gasteiger partial charge in [-0.2, -0.15) is 0 Å². The number of hydrogen-bond acceptors (Lipinski definition) is 4. The molecule has 6 heteroatoms. The van der Waals surface area contributed by atoms with Crippen LogP contribution in [0.1, 0.15) is 42.5 Å². The van der Waals surface area contributed by atoms with Gasteiger partial charge in [0.2, 0.25) is 0 Å². The maximum atomic E-state index is 4.78. The molecule has 2 saturated heterocycles. The normalized spacial score (nSPS) is 22.3. The molecule has 2 aromatic rings. The summed E-state index contributed by atoms with van der Waals surface area (Å²) in [6.07, 6.45) is 11.2. The lowest BCUT2D eigenvalue weighted by atomic mass is 10.1. The smallest absolute Gasteiger partial charge is 0.141 e. The van der Waals surface area contributed by atoms with E-state index < -0.39 is 0 Å². The van der Waals surface area contributed by atoms with Gasteiger partial charge < -0.3 is 14.7 Å². The standard InChI is InChI=1S/C21H31N5S/c1-2-6-17-18(7-3-1)27-21-19(17)20(22-16-23-21)26-14-12-25(13-15-26)11-10-24-8-4-5-9-24/h16H,1-15H2/p+2. The number of nitrogens with one attached hydrogen (secondary N) is 2. The molecular formula is C21H33N5S+2. The van der Waals surface area contributed by atoms with Crippen molar-refractivity contribution in [2.24, 2.45) is 0 Å².